The number of carbonyl (C=O) groups is 1. The second-order valence-electron chi connectivity index (χ2n) is 10.6. The van der Waals surface area contributed by atoms with Crippen LogP contribution in [0.5, 0.6) is 0 Å². The van der Waals surface area contributed by atoms with Crippen molar-refractivity contribution in [3.63, 3.8) is 0 Å². The molecular weight excluding hydrogens is 573 g/mol. The first kappa shape index (κ1) is 32.1. The van der Waals surface area contributed by atoms with Crippen molar-refractivity contribution >= 4 is 18.0 Å². The fourth-order valence-corrected chi connectivity index (χ4v) is 5.45. The number of alkyl halides is 3. The zero-order chi connectivity index (χ0) is 30.8. The number of rotatable bonds is 13. The van der Waals surface area contributed by atoms with E-state index in [1.165, 1.54) is 39.2 Å². The van der Waals surface area contributed by atoms with Gasteiger partial charge in [-0.25, -0.2) is 14.5 Å². The summed E-state index contributed by atoms with van der Waals surface area (Å²) in [5.41, 5.74) is 4.31. The monoisotopic (exact) mass is 610 g/mol. The maximum atomic E-state index is 12.8. The van der Waals surface area contributed by atoms with Crippen LogP contribution in [0.15, 0.2) is 78.0 Å². The van der Waals surface area contributed by atoms with Gasteiger partial charge in [-0.1, -0.05) is 50.2 Å². The molecule has 0 bridgehead atoms. The fraction of sp³-hybridized carbons (Fsp3) is 0.344. The van der Waals surface area contributed by atoms with E-state index < -0.39 is 11.7 Å². The number of hydrogen-bond donors (Lipinski definition) is 3. The molecule has 0 radical (unpaired) electrons. The van der Waals surface area contributed by atoms with Crippen LogP contribution in [-0.4, -0.2) is 40.4 Å². The molecule has 0 aliphatic rings. The number of carbonyl (C=O) groups excluding carboxylic acids is 1. The van der Waals surface area contributed by atoms with Crippen molar-refractivity contribution in [2.45, 2.75) is 57.0 Å². The molecule has 0 unspecified atom stereocenters. The van der Waals surface area contributed by atoms with Gasteiger partial charge in [-0.05, 0) is 91.1 Å². The number of amides is 2. The molecule has 0 atom stereocenters. The van der Waals surface area contributed by atoms with Crippen molar-refractivity contribution in [3.8, 4) is 17.1 Å². The highest BCUT2D eigenvalue weighted by Gasteiger charge is 2.30. The minimum absolute atomic E-state index is 0.169. The van der Waals surface area contributed by atoms with E-state index in [1.807, 2.05) is 24.3 Å². The molecule has 0 aliphatic heterocycles. The van der Waals surface area contributed by atoms with Crippen molar-refractivity contribution in [1.29, 1.82) is 0 Å². The van der Waals surface area contributed by atoms with Gasteiger partial charge in [0, 0.05) is 30.1 Å². The summed E-state index contributed by atoms with van der Waals surface area (Å²) in [6.45, 7) is 8.24. The third kappa shape index (κ3) is 9.59. The van der Waals surface area contributed by atoms with Crippen molar-refractivity contribution in [2.75, 3.05) is 19.6 Å². The van der Waals surface area contributed by atoms with Crippen LogP contribution in [0.2, 0.25) is 0 Å². The molecule has 11 heteroatoms. The first-order valence-electron chi connectivity index (χ1n) is 14.3. The zero-order valence-corrected chi connectivity index (χ0v) is 25.4. The van der Waals surface area contributed by atoms with Crippen molar-refractivity contribution in [3.05, 3.63) is 95.3 Å². The van der Waals surface area contributed by atoms with E-state index in [9.17, 15) is 18.0 Å². The molecule has 228 valence electrons. The second kappa shape index (κ2) is 15.1. The third-order valence-electron chi connectivity index (χ3n) is 6.83. The minimum Gasteiger partial charge on any atom is -0.338 e. The van der Waals surface area contributed by atoms with Gasteiger partial charge in [0.05, 0.1) is 11.3 Å². The zero-order valence-electron chi connectivity index (χ0n) is 24.5. The maximum Gasteiger partial charge on any atom is 0.416 e. The molecule has 0 spiro atoms. The Morgan fingerprint density at radius 3 is 2.35 bits per heavy atom. The summed E-state index contributed by atoms with van der Waals surface area (Å²) >= 11 is 1.60. The van der Waals surface area contributed by atoms with Gasteiger partial charge >= 0.3 is 12.2 Å². The molecule has 4 aromatic rings. The lowest BCUT2D eigenvalue weighted by molar-refractivity contribution is -0.137. The van der Waals surface area contributed by atoms with Crippen molar-refractivity contribution in [2.24, 2.45) is 0 Å². The summed E-state index contributed by atoms with van der Waals surface area (Å²) < 4.78 is 43.2. The molecule has 3 N–H and O–H groups in total. The molecule has 1 heterocycles. The first-order valence-corrected chi connectivity index (χ1v) is 15.1. The molecular formula is C32H37F3N6OS. The van der Waals surface area contributed by atoms with E-state index in [2.05, 4.69) is 64.4 Å². The summed E-state index contributed by atoms with van der Waals surface area (Å²) in [5, 5.41) is 10.2. The third-order valence-corrected chi connectivity index (χ3v) is 7.75. The van der Waals surface area contributed by atoms with Crippen LogP contribution in [-0.2, 0) is 12.6 Å². The average Bonchev–Trinajstić information content (AvgIpc) is 3.47. The van der Waals surface area contributed by atoms with Crippen LogP contribution >= 0.6 is 11.9 Å². The van der Waals surface area contributed by atoms with E-state index in [0.29, 0.717) is 37.1 Å². The Hall–Kier alpha value is -3.83. The Bertz CT molecular complexity index is 1470. The Morgan fingerprint density at radius 1 is 0.930 bits per heavy atom. The molecule has 3 aromatic carbocycles. The normalized spacial score (nSPS) is 11.6. The van der Waals surface area contributed by atoms with E-state index >= 15 is 0 Å². The van der Waals surface area contributed by atoms with Crippen LogP contribution in [0.25, 0.3) is 17.1 Å². The van der Waals surface area contributed by atoms with Gasteiger partial charge < -0.3 is 10.6 Å². The standard InChI is InChI=1S/C32H37F3N6OS/c1-22(2)28-16-7-23(3)20-29(28)43-39-19-18-37-31(42)36-17-5-4-6-24-8-10-25(11-9-24)30-38-21-41(40-30)27-14-12-26(13-15-27)32(33,34)35/h7-16,20-22,39H,4-6,17-19H2,1-3H3,(H2,36,37,42). The Balaban J connectivity index is 1.11. The molecule has 0 aliphatic carbocycles. The number of aryl methyl sites for hydroxylation is 2. The van der Waals surface area contributed by atoms with Gasteiger partial charge in [-0.2, -0.15) is 13.2 Å². The quantitative estimate of drug-likeness (QED) is 0.109. The summed E-state index contributed by atoms with van der Waals surface area (Å²) in [6.07, 6.45) is -0.244. The predicted octanol–water partition coefficient (Wildman–Crippen LogP) is 7.30. The van der Waals surface area contributed by atoms with Crippen LogP contribution in [0.1, 0.15) is 54.9 Å². The summed E-state index contributed by atoms with van der Waals surface area (Å²) in [5.74, 6) is 0.943. The molecule has 1 aromatic heterocycles. The minimum atomic E-state index is -4.38. The highest BCUT2D eigenvalue weighted by atomic mass is 32.2. The van der Waals surface area contributed by atoms with Gasteiger partial charge in [-0.3, -0.25) is 4.72 Å². The van der Waals surface area contributed by atoms with Crippen LogP contribution in [0, 0.1) is 6.92 Å². The van der Waals surface area contributed by atoms with Gasteiger partial charge in [0.15, 0.2) is 5.82 Å². The van der Waals surface area contributed by atoms with Gasteiger partial charge in [-0.15, -0.1) is 5.10 Å². The largest absolute Gasteiger partial charge is 0.416 e. The molecule has 2 amide bonds. The maximum absolute atomic E-state index is 12.8. The van der Waals surface area contributed by atoms with Gasteiger partial charge in [0.1, 0.15) is 6.33 Å². The van der Waals surface area contributed by atoms with E-state index in [4.69, 9.17) is 0 Å². The number of benzene rings is 3. The van der Waals surface area contributed by atoms with Crippen molar-refractivity contribution in [1.82, 2.24) is 30.1 Å². The number of urea groups is 1. The molecule has 0 saturated carbocycles. The highest BCUT2D eigenvalue weighted by molar-refractivity contribution is 7.97. The summed E-state index contributed by atoms with van der Waals surface area (Å²) in [7, 11) is 0. The molecule has 0 saturated heterocycles. The Kier molecular flexibility index (Phi) is 11.2. The molecule has 0 fully saturated rings. The lowest BCUT2D eigenvalue weighted by atomic mass is 10.0. The van der Waals surface area contributed by atoms with Gasteiger partial charge in [0.2, 0.25) is 0 Å². The number of halogens is 3. The van der Waals surface area contributed by atoms with Crippen LogP contribution in [0.4, 0.5) is 18.0 Å². The van der Waals surface area contributed by atoms with Crippen LogP contribution < -0.4 is 15.4 Å². The number of hydrogen-bond acceptors (Lipinski definition) is 5. The molecule has 4 rings (SSSR count). The van der Waals surface area contributed by atoms with Gasteiger partial charge in [0.25, 0.3) is 0 Å². The van der Waals surface area contributed by atoms with Crippen LogP contribution in [0.3, 0.4) is 0 Å². The van der Waals surface area contributed by atoms with E-state index in [-0.39, 0.29) is 6.03 Å². The lowest BCUT2D eigenvalue weighted by Gasteiger charge is -2.14. The number of nitrogens with zero attached hydrogens (tertiary/aromatic N) is 3. The first-order chi connectivity index (χ1) is 20.6. The molecule has 43 heavy (non-hydrogen) atoms. The fourth-order valence-electron chi connectivity index (χ4n) is 4.42. The lowest BCUT2D eigenvalue weighted by Crippen LogP contribution is -2.38. The topological polar surface area (TPSA) is 83.9 Å². The Labute approximate surface area is 254 Å². The predicted molar refractivity (Wildman–Crippen MR) is 165 cm³/mol. The van der Waals surface area contributed by atoms with E-state index in [1.54, 1.807) is 11.9 Å². The highest BCUT2D eigenvalue weighted by Crippen LogP contribution is 2.30. The van der Waals surface area contributed by atoms with Crippen molar-refractivity contribution < 1.29 is 18.0 Å². The summed E-state index contributed by atoms with van der Waals surface area (Å²) in [6, 6.07) is 19.0. The number of nitrogens with one attached hydrogen (secondary N) is 3. The summed E-state index contributed by atoms with van der Waals surface area (Å²) in [4.78, 5) is 17.6. The Morgan fingerprint density at radius 2 is 1.65 bits per heavy atom. The smallest absolute Gasteiger partial charge is 0.338 e. The molecule has 7 nitrogen and oxygen atoms in total. The number of unbranched alkanes of at least 4 members (excludes halogenated alkanes) is 1. The van der Waals surface area contributed by atoms with E-state index in [0.717, 1.165) is 42.5 Å². The average molecular weight is 611 g/mol. The second-order valence-corrected chi connectivity index (χ2v) is 11.5. The SMILES string of the molecule is Cc1ccc(C(C)C)c(SNCCNC(=O)NCCCCc2ccc(-c3ncn(-c4ccc(C(F)(F)F)cc4)n3)cc2)c1. The number of aromatic nitrogens is 3.